The zero-order valence-electron chi connectivity index (χ0n) is 22.0. The molecule has 7 nitrogen and oxygen atoms in total. The van der Waals surface area contributed by atoms with Gasteiger partial charge in [-0.1, -0.05) is 31.2 Å². The number of benzene rings is 2. The molecule has 3 N–H and O–H groups in total. The molecule has 0 saturated carbocycles. The minimum atomic E-state index is -4.61. The third-order valence-electron chi connectivity index (χ3n) is 7.57. The number of amides is 1. The summed E-state index contributed by atoms with van der Waals surface area (Å²) in [4.78, 5) is 23.2. The second-order valence-corrected chi connectivity index (χ2v) is 10.2. The molecule has 0 radical (unpaired) electrons. The minimum absolute atomic E-state index is 0.0671. The van der Waals surface area contributed by atoms with Crippen molar-refractivity contribution >= 4 is 17.2 Å². The highest BCUT2D eigenvalue weighted by Crippen LogP contribution is 2.38. The van der Waals surface area contributed by atoms with Gasteiger partial charge in [0, 0.05) is 48.9 Å². The standard InChI is InChI=1S/C29H29F4N5O2/c1-3-23(39)37-12-5-6-18(16-37)27-36-24(25-26(34)35-11-13-38(25)27)17-9-10-21(22(30)14-17)28(2,40)19-7-4-8-20(15-19)29(31,32)33/h4,7-11,13-15,18,40H,3,5-6,12,16H2,1-2H3,(H2,34,35)/t18-,28?/m1/s1. The molecule has 11 heteroatoms. The van der Waals surface area contributed by atoms with Crippen LogP contribution in [0.4, 0.5) is 23.4 Å². The first-order valence-electron chi connectivity index (χ1n) is 13.0. The molecule has 3 heterocycles. The van der Waals surface area contributed by atoms with Crippen molar-refractivity contribution in [3.05, 3.63) is 83.2 Å². The van der Waals surface area contributed by atoms with Gasteiger partial charge in [-0.15, -0.1) is 0 Å². The zero-order chi connectivity index (χ0) is 28.8. The molecule has 0 spiro atoms. The molecule has 1 aliphatic heterocycles. The lowest BCUT2D eigenvalue weighted by Gasteiger charge is -2.32. The van der Waals surface area contributed by atoms with Gasteiger partial charge in [0.15, 0.2) is 0 Å². The van der Waals surface area contributed by atoms with Crippen LogP contribution in [0.3, 0.4) is 0 Å². The first-order chi connectivity index (χ1) is 18.9. The van der Waals surface area contributed by atoms with Crippen LogP contribution in [-0.4, -0.2) is 43.4 Å². The Balaban J connectivity index is 1.55. The molecule has 1 aliphatic rings. The van der Waals surface area contributed by atoms with E-state index in [0.29, 0.717) is 42.1 Å². The predicted molar refractivity (Wildman–Crippen MR) is 142 cm³/mol. The number of aliphatic hydroxyl groups is 1. The lowest BCUT2D eigenvalue weighted by Crippen LogP contribution is -2.39. The van der Waals surface area contributed by atoms with Crippen molar-refractivity contribution in [1.29, 1.82) is 0 Å². The van der Waals surface area contributed by atoms with Gasteiger partial charge in [-0.3, -0.25) is 9.20 Å². The van der Waals surface area contributed by atoms with Gasteiger partial charge in [0.1, 0.15) is 34.3 Å². The van der Waals surface area contributed by atoms with Crippen molar-refractivity contribution in [3.63, 3.8) is 0 Å². The van der Waals surface area contributed by atoms with E-state index in [1.165, 1.54) is 31.2 Å². The average Bonchev–Trinajstić information content (AvgIpc) is 3.33. The number of anilines is 1. The summed E-state index contributed by atoms with van der Waals surface area (Å²) in [5.41, 5.74) is 4.19. The normalized spacial score (nSPS) is 17.7. The molecule has 0 aliphatic carbocycles. The zero-order valence-corrected chi connectivity index (χ0v) is 22.0. The van der Waals surface area contributed by atoms with E-state index in [1.54, 1.807) is 18.5 Å². The highest BCUT2D eigenvalue weighted by molar-refractivity contribution is 5.85. The number of carbonyl (C=O) groups is 1. The van der Waals surface area contributed by atoms with Crippen LogP contribution in [-0.2, 0) is 16.6 Å². The second-order valence-electron chi connectivity index (χ2n) is 10.2. The van der Waals surface area contributed by atoms with E-state index in [4.69, 9.17) is 10.7 Å². The summed E-state index contributed by atoms with van der Waals surface area (Å²) in [5.74, 6) is 0.0418. The second kappa shape index (κ2) is 10.2. The first-order valence-corrected chi connectivity index (χ1v) is 13.0. The van der Waals surface area contributed by atoms with E-state index >= 15 is 4.39 Å². The van der Waals surface area contributed by atoms with Crippen molar-refractivity contribution < 1.29 is 27.5 Å². The Labute approximate surface area is 228 Å². The number of halogens is 4. The maximum atomic E-state index is 15.6. The van der Waals surface area contributed by atoms with Crippen LogP contribution in [0.25, 0.3) is 16.8 Å². The molecule has 2 aromatic carbocycles. The molecular weight excluding hydrogens is 526 g/mol. The summed E-state index contributed by atoms with van der Waals surface area (Å²) in [5, 5.41) is 11.2. The van der Waals surface area contributed by atoms with Gasteiger partial charge in [0.2, 0.25) is 5.91 Å². The van der Waals surface area contributed by atoms with Crippen LogP contribution in [0.2, 0.25) is 0 Å². The maximum absolute atomic E-state index is 15.6. The number of piperidine rings is 1. The largest absolute Gasteiger partial charge is 0.416 e. The Kier molecular flexibility index (Phi) is 7.03. The molecule has 1 saturated heterocycles. The van der Waals surface area contributed by atoms with Crippen molar-refractivity contribution in [3.8, 4) is 11.3 Å². The van der Waals surface area contributed by atoms with Crippen molar-refractivity contribution in [1.82, 2.24) is 19.3 Å². The van der Waals surface area contributed by atoms with Gasteiger partial charge in [-0.05, 0) is 43.5 Å². The van der Waals surface area contributed by atoms with Crippen LogP contribution in [0, 0.1) is 5.82 Å². The number of aromatic nitrogens is 3. The number of likely N-dealkylation sites (tertiary alicyclic amines) is 1. The van der Waals surface area contributed by atoms with Gasteiger partial charge in [-0.25, -0.2) is 14.4 Å². The Morgan fingerprint density at radius 3 is 2.62 bits per heavy atom. The smallest absolute Gasteiger partial charge is 0.382 e. The molecule has 0 bridgehead atoms. The lowest BCUT2D eigenvalue weighted by molar-refractivity contribution is -0.137. The van der Waals surface area contributed by atoms with Crippen molar-refractivity contribution in [2.24, 2.45) is 0 Å². The van der Waals surface area contributed by atoms with Gasteiger partial charge in [-0.2, -0.15) is 13.2 Å². The fraction of sp³-hybridized carbons (Fsp3) is 0.345. The van der Waals surface area contributed by atoms with E-state index in [0.717, 1.165) is 25.0 Å². The van der Waals surface area contributed by atoms with Crippen LogP contribution in [0.1, 0.15) is 61.5 Å². The van der Waals surface area contributed by atoms with E-state index in [-0.39, 0.29) is 28.8 Å². The number of hydrogen-bond acceptors (Lipinski definition) is 5. The lowest BCUT2D eigenvalue weighted by atomic mass is 9.86. The van der Waals surface area contributed by atoms with Crippen molar-refractivity contribution in [2.75, 3.05) is 18.8 Å². The molecule has 2 atom stereocenters. The van der Waals surface area contributed by atoms with Gasteiger partial charge >= 0.3 is 6.18 Å². The summed E-state index contributed by atoms with van der Waals surface area (Å²) >= 11 is 0. The van der Waals surface area contributed by atoms with Crippen LogP contribution < -0.4 is 5.73 Å². The van der Waals surface area contributed by atoms with Crippen LogP contribution in [0.5, 0.6) is 0 Å². The Hall–Kier alpha value is -3.99. The van der Waals surface area contributed by atoms with Gasteiger partial charge in [0.05, 0.1) is 5.56 Å². The maximum Gasteiger partial charge on any atom is 0.416 e. The quantitative estimate of drug-likeness (QED) is 0.317. The van der Waals surface area contributed by atoms with Crippen LogP contribution >= 0.6 is 0 Å². The molecular formula is C29H29F4N5O2. The number of rotatable bonds is 5. The molecule has 4 aromatic rings. The van der Waals surface area contributed by atoms with E-state index < -0.39 is 23.2 Å². The third kappa shape index (κ3) is 4.90. The van der Waals surface area contributed by atoms with Crippen molar-refractivity contribution in [2.45, 2.75) is 50.8 Å². The third-order valence-corrected chi connectivity index (χ3v) is 7.57. The molecule has 5 rings (SSSR count). The van der Waals surface area contributed by atoms with E-state index in [1.807, 2.05) is 16.2 Å². The monoisotopic (exact) mass is 555 g/mol. The Morgan fingerprint density at radius 1 is 1.18 bits per heavy atom. The first kappa shape index (κ1) is 27.6. The SMILES string of the molecule is CCC(=O)N1CCC[C@@H](c2nc(-c3ccc(C(C)(O)c4cccc(C(F)(F)F)c4)c(F)c3)c3c(N)nccn23)C1. The van der Waals surface area contributed by atoms with Gasteiger partial charge < -0.3 is 15.7 Å². The highest BCUT2D eigenvalue weighted by Gasteiger charge is 2.35. The fourth-order valence-corrected chi connectivity index (χ4v) is 5.43. The number of hydrogen-bond donors (Lipinski definition) is 2. The molecule has 40 heavy (non-hydrogen) atoms. The fourth-order valence-electron chi connectivity index (χ4n) is 5.43. The summed E-state index contributed by atoms with van der Waals surface area (Å²) < 4.78 is 57.2. The molecule has 1 unspecified atom stereocenters. The number of carbonyl (C=O) groups excluding carboxylic acids is 1. The van der Waals surface area contributed by atoms with E-state index in [9.17, 15) is 23.1 Å². The minimum Gasteiger partial charge on any atom is -0.382 e. The summed E-state index contributed by atoms with van der Waals surface area (Å²) in [6, 6.07) is 8.27. The highest BCUT2D eigenvalue weighted by atomic mass is 19.4. The molecule has 1 fully saturated rings. The number of nitrogen functional groups attached to an aromatic ring is 1. The number of alkyl halides is 3. The summed E-state index contributed by atoms with van der Waals surface area (Å²) in [7, 11) is 0. The molecule has 2 aromatic heterocycles. The summed E-state index contributed by atoms with van der Waals surface area (Å²) in [6.45, 7) is 4.26. The number of fused-ring (bicyclic) bond motifs is 1. The van der Waals surface area contributed by atoms with Crippen LogP contribution in [0.15, 0.2) is 54.9 Å². The summed E-state index contributed by atoms with van der Waals surface area (Å²) in [6.07, 6.45) is 0.692. The predicted octanol–water partition coefficient (Wildman–Crippen LogP) is 5.51. The number of nitrogens with two attached hydrogens (primary N) is 1. The topological polar surface area (TPSA) is 96.8 Å². The average molecular weight is 556 g/mol. The van der Waals surface area contributed by atoms with Gasteiger partial charge in [0.25, 0.3) is 0 Å². The number of nitrogens with zero attached hydrogens (tertiary/aromatic N) is 4. The molecule has 1 amide bonds. The Bertz CT molecular complexity index is 1580. The molecule has 210 valence electrons. The number of imidazole rings is 1. The van der Waals surface area contributed by atoms with E-state index in [2.05, 4.69) is 4.98 Å². The Morgan fingerprint density at radius 2 is 1.93 bits per heavy atom.